The molecule has 7 nitrogen and oxygen atoms in total. The second-order valence-electron chi connectivity index (χ2n) is 13.8. The number of fused-ring (bicyclic) bond motifs is 6. The van der Waals surface area contributed by atoms with Gasteiger partial charge in [0.1, 0.15) is 0 Å². The van der Waals surface area contributed by atoms with Gasteiger partial charge in [0, 0.05) is 68.8 Å². The Balaban J connectivity index is 0.929. The molecule has 0 aliphatic rings. The molecule has 0 saturated heterocycles. The number of rotatable bonds is 6. The van der Waals surface area contributed by atoms with Gasteiger partial charge >= 0.3 is 0 Å². The molecule has 0 fully saturated rings. The summed E-state index contributed by atoms with van der Waals surface area (Å²) in [6.45, 7) is 0. The van der Waals surface area contributed by atoms with E-state index < -0.39 is 0 Å². The number of hydrogen-bond acceptors (Lipinski definition) is 5. The summed E-state index contributed by atoms with van der Waals surface area (Å²) < 4.78 is 4.59. The SMILES string of the molecule is c1cc(-c2cccc(-c3cccc(-c4cccc(-c5cccc(-n6c7ccccc7c7cnccc76)c5)n4)n3)n2)cc(-n2c3ccccc3c3cnccc32)c1. The van der Waals surface area contributed by atoms with Crippen LogP contribution < -0.4 is 0 Å². The van der Waals surface area contributed by atoms with Crippen molar-refractivity contribution in [2.75, 3.05) is 0 Å². The Bertz CT molecular complexity index is 2960. The average Bonchev–Trinajstić information content (AvgIpc) is 3.80. The summed E-state index contributed by atoms with van der Waals surface area (Å²) in [7, 11) is 0. The number of para-hydroxylation sites is 2. The fraction of sp³-hybridized carbons (Fsp3) is 0. The maximum absolute atomic E-state index is 5.13. The van der Waals surface area contributed by atoms with Gasteiger partial charge in [-0.25, -0.2) is 15.0 Å². The second kappa shape index (κ2) is 13.0. The van der Waals surface area contributed by atoms with Gasteiger partial charge in [-0.2, -0.15) is 0 Å². The molecule has 0 amide bonds. The van der Waals surface area contributed by atoms with Crippen LogP contribution >= 0.6 is 0 Å². The van der Waals surface area contributed by atoms with Crippen molar-refractivity contribution in [3.05, 3.63) is 189 Å². The van der Waals surface area contributed by atoms with E-state index in [0.717, 1.165) is 89.5 Å². The van der Waals surface area contributed by atoms with Gasteiger partial charge in [0.05, 0.1) is 56.2 Å². The first-order valence-electron chi connectivity index (χ1n) is 18.6. The number of aromatic nitrogens is 7. The van der Waals surface area contributed by atoms with Crippen molar-refractivity contribution < 1.29 is 0 Å². The maximum atomic E-state index is 5.13. The molecule has 0 unspecified atom stereocenters. The van der Waals surface area contributed by atoms with Crippen LogP contribution in [0.3, 0.4) is 0 Å². The van der Waals surface area contributed by atoms with E-state index in [2.05, 4.69) is 140 Å². The van der Waals surface area contributed by atoms with Crippen molar-refractivity contribution >= 4 is 43.6 Å². The Hall–Kier alpha value is -7.77. The lowest BCUT2D eigenvalue weighted by Gasteiger charge is -2.11. The van der Waals surface area contributed by atoms with Gasteiger partial charge in [-0.15, -0.1) is 0 Å². The average molecular weight is 718 g/mol. The quantitative estimate of drug-likeness (QED) is 0.171. The highest BCUT2D eigenvalue weighted by atomic mass is 15.0. The third kappa shape index (κ3) is 5.25. The summed E-state index contributed by atoms with van der Waals surface area (Å²) in [6, 6.07) is 56.4. The fourth-order valence-corrected chi connectivity index (χ4v) is 7.99. The van der Waals surface area contributed by atoms with E-state index in [1.165, 1.54) is 10.8 Å². The summed E-state index contributed by atoms with van der Waals surface area (Å²) in [5, 5.41) is 4.62. The van der Waals surface area contributed by atoms with Gasteiger partial charge in [-0.05, 0) is 84.9 Å². The first-order valence-corrected chi connectivity index (χ1v) is 18.6. The normalized spacial score (nSPS) is 11.6. The molecule has 0 atom stereocenters. The molecule has 4 aromatic carbocycles. The molecule has 0 bridgehead atoms. The molecule has 56 heavy (non-hydrogen) atoms. The highest BCUT2D eigenvalue weighted by Gasteiger charge is 2.15. The number of nitrogens with zero attached hydrogens (tertiary/aromatic N) is 7. The highest BCUT2D eigenvalue weighted by Crippen LogP contribution is 2.35. The molecule has 11 rings (SSSR count). The predicted octanol–water partition coefficient (Wildman–Crippen LogP) is 11.5. The molecule has 262 valence electrons. The summed E-state index contributed by atoms with van der Waals surface area (Å²) >= 11 is 0. The molecule has 7 heteroatoms. The Kier molecular flexibility index (Phi) is 7.35. The van der Waals surface area contributed by atoms with E-state index in [4.69, 9.17) is 15.0 Å². The monoisotopic (exact) mass is 717 g/mol. The lowest BCUT2D eigenvalue weighted by Crippen LogP contribution is -1.96. The first-order chi connectivity index (χ1) is 27.8. The van der Waals surface area contributed by atoms with Gasteiger partial charge in [-0.3, -0.25) is 9.97 Å². The van der Waals surface area contributed by atoms with Crippen LogP contribution in [-0.2, 0) is 0 Å². The zero-order valence-electron chi connectivity index (χ0n) is 30.0. The van der Waals surface area contributed by atoms with Gasteiger partial charge in [-0.1, -0.05) is 78.9 Å². The van der Waals surface area contributed by atoms with Crippen molar-refractivity contribution in [1.82, 2.24) is 34.1 Å². The topological polar surface area (TPSA) is 74.3 Å². The van der Waals surface area contributed by atoms with Crippen LogP contribution in [0.15, 0.2) is 189 Å². The van der Waals surface area contributed by atoms with Crippen LogP contribution in [0.2, 0.25) is 0 Å². The minimum Gasteiger partial charge on any atom is -0.309 e. The van der Waals surface area contributed by atoms with E-state index in [0.29, 0.717) is 0 Å². The van der Waals surface area contributed by atoms with Crippen LogP contribution in [0.4, 0.5) is 0 Å². The van der Waals surface area contributed by atoms with Crippen molar-refractivity contribution in [2.24, 2.45) is 0 Å². The maximum Gasteiger partial charge on any atom is 0.0894 e. The molecule has 0 radical (unpaired) electrons. The van der Waals surface area contributed by atoms with Crippen molar-refractivity contribution in [3.63, 3.8) is 0 Å². The minimum atomic E-state index is 0.783. The van der Waals surface area contributed by atoms with Crippen LogP contribution in [0, 0.1) is 0 Å². The zero-order valence-corrected chi connectivity index (χ0v) is 30.0. The summed E-state index contributed by atoms with van der Waals surface area (Å²) in [5.41, 5.74) is 13.6. The third-order valence-corrected chi connectivity index (χ3v) is 10.5. The zero-order chi connectivity index (χ0) is 37.0. The van der Waals surface area contributed by atoms with E-state index in [1.54, 1.807) is 0 Å². The third-order valence-electron chi connectivity index (χ3n) is 10.5. The Morgan fingerprint density at radius 2 is 0.679 bits per heavy atom. The van der Waals surface area contributed by atoms with E-state index >= 15 is 0 Å². The number of pyridine rings is 5. The largest absolute Gasteiger partial charge is 0.309 e. The smallest absolute Gasteiger partial charge is 0.0894 e. The molecule has 11 aromatic rings. The van der Waals surface area contributed by atoms with E-state index in [-0.39, 0.29) is 0 Å². The molecule has 0 saturated carbocycles. The molecule has 0 N–H and O–H groups in total. The molecule has 7 aromatic heterocycles. The van der Waals surface area contributed by atoms with Gasteiger partial charge in [0.2, 0.25) is 0 Å². The van der Waals surface area contributed by atoms with E-state index in [1.807, 2.05) is 67.3 Å². The Morgan fingerprint density at radius 1 is 0.304 bits per heavy atom. The highest BCUT2D eigenvalue weighted by molar-refractivity contribution is 6.09. The van der Waals surface area contributed by atoms with Crippen LogP contribution in [0.25, 0.3) is 100 Å². The minimum absolute atomic E-state index is 0.783. The van der Waals surface area contributed by atoms with Crippen molar-refractivity contribution in [3.8, 4) is 56.7 Å². The number of benzene rings is 4. The fourth-order valence-electron chi connectivity index (χ4n) is 7.99. The standard InChI is InChI=1S/C49H31N7/c1-3-22-46-36(14-1)38-30-50-26-24-48(38)55(46)34-12-5-10-32(28-34)40-16-7-18-42(52-40)44-20-9-21-45(54-44)43-19-8-17-41(53-43)33-11-6-13-35(29-33)56-47-23-4-2-15-37(47)39-31-51-27-25-49(39)56/h1-31H. The van der Waals surface area contributed by atoms with Gasteiger partial charge in [0.25, 0.3) is 0 Å². The lowest BCUT2D eigenvalue weighted by atomic mass is 10.1. The molecule has 0 spiro atoms. The molecular weight excluding hydrogens is 687 g/mol. The van der Waals surface area contributed by atoms with Crippen LogP contribution in [-0.4, -0.2) is 34.1 Å². The van der Waals surface area contributed by atoms with Gasteiger partial charge < -0.3 is 9.13 Å². The predicted molar refractivity (Wildman–Crippen MR) is 226 cm³/mol. The van der Waals surface area contributed by atoms with Crippen LogP contribution in [0.1, 0.15) is 0 Å². The van der Waals surface area contributed by atoms with E-state index in [9.17, 15) is 0 Å². The Labute approximate surface area is 321 Å². The first kappa shape index (κ1) is 31.7. The molecular formula is C49H31N7. The summed E-state index contributed by atoms with van der Waals surface area (Å²) in [5.74, 6) is 0. The molecule has 0 aliphatic heterocycles. The summed E-state index contributed by atoms with van der Waals surface area (Å²) in [6.07, 6.45) is 7.59. The van der Waals surface area contributed by atoms with Crippen LogP contribution in [0.5, 0.6) is 0 Å². The second-order valence-corrected chi connectivity index (χ2v) is 13.8. The summed E-state index contributed by atoms with van der Waals surface area (Å²) in [4.78, 5) is 24.2. The van der Waals surface area contributed by atoms with Crippen molar-refractivity contribution in [2.45, 2.75) is 0 Å². The molecule has 7 heterocycles. The number of hydrogen-bond donors (Lipinski definition) is 0. The Morgan fingerprint density at radius 3 is 1.14 bits per heavy atom. The lowest BCUT2D eigenvalue weighted by molar-refractivity contribution is 1.17. The molecule has 0 aliphatic carbocycles. The van der Waals surface area contributed by atoms with Gasteiger partial charge in [0.15, 0.2) is 0 Å². The van der Waals surface area contributed by atoms with Crippen molar-refractivity contribution in [1.29, 1.82) is 0 Å².